The van der Waals surface area contributed by atoms with Gasteiger partial charge in [0.05, 0.1) is 9.88 Å². The molecule has 0 spiro atoms. The molecule has 0 bridgehead atoms. The van der Waals surface area contributed by atoms with Crippen LogP contribution in [-0.4, -0.2) is 24.5 Å². The molecule has 1 fully saturated rings. The Kier molecular flexibility index (Phi) is 4.65. The molecule has 1 atom stereocenters. The molecule has 100 valence electrons. The van der Waals surface area contributed by atoms with Crippen LogP contribution >= 0.6 is 22.9 Å². The van der Waals surface area contributed by atoms with E-state index in [0.29, 0.717) is 6.54 Å². The van der Waals surface area contributed by atoms with Crippen molar-refractivity contribution < 1.29 is 4.79 Å². The highest BCUT2D eigenvalue weighted by molar-refractivity contribution is 7.16. The zero-order valence-corrected chi connectivity index (χ0v) is 12.2. The summed E-state index contributed by atoms with van der Waals surface area (Å²) < 4.78 is 0.803. The van der Waals surface area contributed by atoms with Gasteiger partial charge in [0.25, 0.3) is 0 Å². The number of hydrogen-bond acceptors (Lipinski definition) is 3. The second-order valence-corrected chi connectivity index (χ2v) is 6.73. The predicted molar refractivity (Wildman–Crippen MR) is 76.3 cm³/mol. The van der Waals surface area contributed by atoms with Crippen molar-refractivity contribution in [2.75, 3.05) is 13.1 Å². The zero-order chi connectivity index (χ0) is 13.0. The van der Waals surface area contributed by atoms with E-state index in [9.17, 15) is 4.79 Å². The summed E-state index contributed by atoms with van der Waals surface area (Å²) in [7, 11) is 0. The first-order valence-corrected chi connectivity index (χ1v) is 7.57. The third-order valence-electron chi connectivity index (χ3n) is 3.41. The van der Waals surface area contributed by atoms with Gasteiger partial charge in [0.15, 0.2) is 0 Å². The highest BCUT2D eigenvalue weighted by Crippen LogP contribution is 2.22. The fourth-order valence-electron chi connectivity index (χ4n) is 2.23. The van der Waals surface area contributed by atoms with Gasteiger partial charge < -0.3 is 10.6 Å². The maximum atomic E-state index is 12.1. The Hall–Kier alpha value is -0.580. The molecule has 1 amide bonds. The van der Waals surface area contributed by atoms with Crippen molar-refractivity contribution in [3.05, 3.63) is 21.3 Å². The third kappa shape index (κ3) is 3.46. The van der Waals surface area contributed by atoms with Gasteiger partial charge in [-0.2, -0.15) is 0 Å². The molecule has 2 heterocycles. The number of rotatable bonds is 4. The summed E-state index contributed by atoms with van der Waals surface area (Å²) in [6.07, 6.45) is 4.05. The summed E-state index contributed by atoms with van der Waals surface area (Å²) in [6.45, 7) is 3.60. The van der Waals surface area contributed by atoms with E-state index in [1.807, 2.05) is 19.1 Å². The second-order valence-electron chi connectivity index (χ2n) is 4.93. The molecule has 1 unspecified atom stereocenters. The van der Waals surface area contributed by atoms with Crippen molar-refractivity contribution in [1.29, 1.82) is 0 Å². The van der Waals surface area contributed by atoms with Crippen molar-refractivity contribution in [3.63, 3.8) is 0 Å². The van der Waals surface area contributed by atoms with E-state index in [2.05, 4.69) is 10.6 Å². The molecule has 1 aliphatic rings. The molecule has 0 radical (unpaired) electrons. The van der Waals surface area contributed by atoms with E-state index in [4.69, 9.17) is 11.6 Å². The topological polar surface area (TPSA) is 41.1 Å². The van der Waals surface area contributed by atoms with Crippen LogP contribution in [0.5, 0.6) is 0 Å². The first-order valence-electron chi connectivity index (χ1n) is 6.38. The summed E-state index contributed by atoms with van der Waals surface area (Å²) in [4.78, 5) is 13.3. The van der Waals surface area contributed by atoms with Crippen LogP contribution < -0.4 is 10.6 Å². The molecule has 1 aromatic rings. The largest absolute Gasteiger partial charge is 0.354 e. The molecule has 0 aromatic carbocycles. The first-order chi connectivity index (χ1) is 8.60. The van der Waals surface area contributed by atoms with E-state index in [1.165, 1.54) is 4.88 Å². The van der Waals surface area contributed by atoms with Crippen LogP contribution in [0.4, 0.5) is 0 Å². The molecule has 1 aliphatic heterocycles. The van der Waals surface area contributed by atoms with Gasteiger partial charge in [-0.05, 0) is 51.3 Å². The number of hydrogen-bond donors (Lipinski definition) is 2. The van der Waals surface area contributed by atoms with Crippen LogP contribution in [0.25, 0.3) is 0 Å². The van der Waals surface area contributed by atoms with Crippen molar-refractivity contribution in [1.82, 2.24) is 10.6 Å². The molecule has 1 aromatic heterocycles. The molecule has 2 N–H and O–H groups in total. The third-order valence-corrected chi connectivity index (χ3v) is 4.70. The first kappa shape index (κ1) is 13.8. The Morgan fingerprint density at radius 2 is 2.39 bits per heavy atom. The number of thiophene rings is 1. The zero-order valence-electron chi connectivity index (χ0n) is 10.6. The standard InChI is InChI=1S/C13H19ClN2OS/c1-13(7-2-3-8-16-13)12(17)15-9-6-10-4-5-11(14)18-10/h4-5,16H,2-3,6-9H2,1H3,(H,15,17). The Morgan fingerprint density at radius 3 is 3.00 bits per heavy atom. The Labute approximate surface area is 117 Å². The average Bonchev–Trinajstić information content (AvgIpc) is 2.76. The summed E-state index contributed by atoms with van der Waals surface area (Å²) >= 11 is 7.44. The Morgan fingerprint density at radius 1 is 1.56 bits per heavy atom. The van der Waals surface area contributed by atoms with E-state index >= 15 is 0 Å². The fourth-order valence-corrected chi connectivity index (χ4v) is 3.32. The lowest BCUT2D eigenvalue weighted by molar-refractivity contribution is -0.127. The molecule has 1 saturated heterocycles. The van der Waals surface area contributed by atoms with Crippen molar-refractivity contribution in [3.8, 4) is 0 Å². The van der Waals surface area contributed by atoms with Crippen LogP contribution in [0.3, 0.4) is 0 Å². The van der Waals surface area contributed by atoms with E-state index < -0.39 is 0 Å². The van der Waals surface area contributed by atoms with Gasteiger partial charge >= 0.3 is 0 Å². The molecule has 0 aliphatic carbocycles. The highest BCUT2D eigenvalue weighted by atomic mass is 35.5. The normalized spacial score (nSPS) is 23.9. The molecular weight excluding hydrogens is 268 g/mol. The molecule has 3 nitrogen and oxygen atoms in total. The summed E-state index contributed by atoms with van der Waals surface area (Å²) in [6, 6.07) is 3.91. The van der Waals surface area contributed by atoms with Gasteiger partial charge in [0.2, 0.25) is 5.91 Å². The lowest BCUT2D eigenvalue weighted by Gasteiger charge is -2.33. The minimum Gasteiger partial charge on any atom is -0.354 e. The van der Waals surface area contributed by atoms with Crippen molar-refractivity contribution in [2.24, 2.45) is 0 Å². The van der Waals surface area contributed by atoms with Crippen LogP contribution in [0, 0.1) is 0 Å². The fraction of sp³-hybridized carbons (Fsp3) is 0.615. The maximum Gasteiger partial charge on any atom is 0.240 e. The number of halogens is 1. The summed E-state index contributed by atoms with van der Waals surface area (Å²) in [5.74, 6) is 0.116. The monoisotopic (exact) mass is 286 g/mol. The van der Waals surface area contributed by atoms with Crippen LogP contribution in [0.15, 0.2) is 12.1 Å². The van der Waals surface area contributed by atoms with E-state index in [1.54, 1.807) is 11.3 Å². The lowest BCUT2D eigenvalue weighted by atomic mass is 9.90. The minimum absolute atomic E-state index is 0.116. The SMILES string of the molecule is CC1(C(=O)NCCc2ccc(Cl)s2)CCCCN1. The average molecular weight is 287 g/mol. The van der Waals surface area contributed by atoms with Gasteiger partial charge in [-0.3, -0.25) is 4.79 Å². The number of nitrogens with one attached hydrogen (secondary N) is 2. The molecule has 0 saturated carbocycles. The van der Waals surface area contributed by atoms with Crippen LogP contribution in [0.2, 0.25) is 4.34 Å². The number of amides is 1. The highest BCUT2D eigenvalue weighted by Gasteiger charge is 2.33. The van der Waals surface area contributed by atoms with Crippen LogP contribution in [0.1, 0.15) is 31.1 Å². The van der Waals surface area contributed by atoms with Crippen LogP contribution in [-0.2, 0) is 11.2 Å². The van der Waals surface area contributed by atoms with Gasteiger partial charge in [0.1, 0.15) is 0 Å². The van der Waals surface area contributed by atoms with Gasteiger partial charge in [-0.25, -0.2) is 0 Å². The Bertz CT molecular complexity index is 413. The Balaban J connectivity index is 1.77. The number of carbonyl (C=O) groups is 1. The summed E-state index contributed by atoms with van der Waals surface area (Å²) in [5, 5.41) is 6.33. The number of piperidine rings is 1. The lowest BCUT2D eigenvalue weighted by Crippen LogP contribution is -2.57. The van der Waals surface area contributed by atoms with E-state index in [-0.39, 0.29) is 11.4 Å². The summed E-state index contributed by atoms with van der Waals surface area (Å²) in [5.41, 5.74) is -0.384. The minimum atomic E-state index is -0.384. The van der Waals surface area contributed by atoms with Gasteiger partial charge in [0, 0.05) is 11.4 Å². The quantitative estimate of drug-likeness (QED) is 0.893. The van der Waals surface area contributed by atoms with Gasteiger partial charge in [-0.15, -0.1) is 11.3 Å². The molecular formula is C13H19ClN2OS. The van der Waals surface area contributed by atoms with E-state index in [0.717, 1.165) is 36.6 Å². The predicted octanol–water partition coefficient (Wildman–Crippen LogP) is 2.59. The maximum absolute atomic E-state index is 12.1. The van der Waals surface area contributed by atoms with Gasteiger partial charge in [-0.1, -0.05) is 11.6 Å². The van der Waals surface area contributed by atoms with Crippen molar-refractivity contribution >= 4 is 28.8 Å². The number of carbonyl (C=O) groups excluding carboxylic acids is 1. The molecule has 18 heavy (non-hydrogen) atoms. The molecule has 5 heteroatoms. The van der Waals surface area contributed by atoms with Crippen molar-refractivity contribution in [2.45, 2.75) is 38.1 Å². The molecule has 2 rings (SSSR count). The smallest absolute Gasteiger partial charge is 0.240 e. The second kappa shape index (κ2) is 6.04.